The van der Waals surface area contributed by atoms with Crippen LogP contribution in [0.5, 0.6) is 0 Å². The summed E-state index contributed by atoms with van der Waals surface area (Å²) in [7, 11) is 0. The first-order valence-corrected chi connectivity index (χ1v) is 11.5. The van der Waals surface area contributed by atoms with Crippen LogP contribution in [0.15, 0.2) is 10.7 Å². The SMILES string of the molecule is CCC(CC)c1cc(C)nn2c(-c3sc(N4CCOCC4)nc3Br)c(C)nc12. The summed E-state index contributed by atoms with van der Waals surface area (Å²) in [6.45, 7) is 11.9. The second-order valence-electron chi connectivity index (χ2n) is 7.25. The summed E-state index contributed by atoms with van der Waals surface area (Å²) < 4.78 is 8.36. The summed E-state index contributed by atoms with van der Waals surface area (Å²) in [5.41, 5.74) is 5.31. The first-order valence-electron chi connectivity index (χ1n) is 9.89. The van der Waals surface area contributed by atoms with Gasteiger partial charge in [-0.2, -0.15) is 5.10 Å². The zero-order chi connectivity index (χ0) is 19.8. The standard InChI is InChI=1S/C20H26BrN5OS/c1-5-14(6-2)15-11-12(3)24-26-16(13(4)22-19(15)26)17-18(21)23-20(28-17)25-7-9-27-10-8-25/h11,14H,5-10H2,1-4H3. The van der Waals surface area contributed by atoms with E-state index in [2.05, 4.69) is 54.6 Å². The number of morpholine rings is 1. The Morgan fingerprint density at radius 2 is 1.89 bits per heavy atom. The molecular formula is C20H26BrN5OS. The maximum Gasteiger partial charge on any atom is 0.187 e. The lowest BCUT2D eigenvalue weighted by Gasteiger charge is -2.25. The van der Waals surface area contributed by atoms with Gasteiger partial charge >= 0.3 is 0 Å². The zero-order valence-electron chi connectivity index (χ0n) is 16.8. The summed E-state index contributed by atoms with van der Waals surface area (Å²) in [6, 6.07) is 2.20. The molecule has 0 aliphatic carbocycles. The molecule has 0 saturated carbocycles. The highest BCUT2D eigenvalue weighted by atomic mass is 79.9. The first kappa shape index (κ1) is 19.8. The van der Waals surface area contributed by atoms with Crippen LogP contribution in [0.1, 0.15) is 49.6 Å². The van der Waals surface area contributed by atoms with Crippen molar-refractivity contribution >= 4 is 38.0 Å². The Balaban J connectivity index is 1.85. The predicted octanol–water partition coefficient (Wildman–Crippen LogP) is 4.97. The van der Waals surface area contributed by atoms with Gasteiger partial charge in [0.2, 0.25) is 0 Å². The average Bonchev–Trinajstić information content (AvgIpc) is 3.22. The number of thiazole rings is 1. The van der Waals surface area contributed by atoms with Crippen molar-refractivity contribution in [3.05, 3.63) is 27.6 Å². The van der Waals surface area contributed by atoms with Crippen LogP contribution in [0.25, 0.3) is 16.2 Å². The van der Waals surface area contributed by atoms with E-state index in [1.54, 1.807) is 11.3 Å². The number of halogens is 1. The van der Waals surface area contributed by atoms with Crippen LogP contribution < -0.4 is 4.90 Å². The highest BCUT2D eigenvalue weighted by molar-refractivity contribution is 9.10. The molecule has 0 bridgehead atoms. The van der Waals surface area contributed by atoms with Crippen molar-refractivity contribution in [3.63, 3.8) is 0 Å². The molecule has 1 aliphatic heterocycles. The third-order valence-corrected chi connectivity index (χ3v) is 7.36. The lowest BCUT2D eigenvalue weighted by atomic mass is 9.95. The highest BCUT2D eigenvalue weighted by Gasteiger charge is 2.24. The maximum absolute atomic E-state index is 5.48. The number of nitrogens with zero attached hydrogens (tertiary/aromatic N) is 5. The molecule has 1 fully saturated rings. The van der Waals surface area contributed by atoms with Gasteiger partial charge < -0.3 is 9.64 Å². The molecule has 0 radical (unpaired) electrons. The normalized spacial score (nSPS) is 15.1. The van der Waals surface area contributed by atoms with Gasteiger partial charge in [0.15, 0.2) is 10.8 Å². The molecule has 4 rings (SSSR count). The number of imidazole rings is 1. The minimum Gasteiger partial charge on any atom is -0.378 e. The number of anilines is 1. The van der Waals surface area contributed by atoms with Crippen LogP contribution in [0.3, 0.4) is 0 Å². The molecule has 28 heavy (non-hydrogen) atoms. The van der Waals surface area contributed by atoms with Crippen molar-refractivity contribution in [3.8, 4) is 10.6 Å². The van der Waals surface area contributed by atoms with Crippen LogP contribution in [-0.4, -0.2) is 45.9 Å². The van der Waals surface area contributed by atoms with Crippen LogP contribution in [-0.2, 0) is 4.74 Å². The molecule has 4 heterocycles. The zero-order valence-corrected chi connectivity index (χ0v) is 19.2. The summed E-state index contributed by atoms with van der Waals surface area (Å²) in [5, 5.41) is 5.85. The number of aromatic nitrogens is 4. The molecule has 0 unspecified atom stereocenters. The molecule has 150 valence electrons. The largest absolute Gasteiger partial charge is 0.378 e. The molecule has 0 aromatic carbocycles. The van der Waals surface area contributed by atoms with E-state index in [0.29, 0.717) is 5.92 Å². The van der Waals surface area contributed by atoms with Gasteiger partial charge in [0.1, 0.15) is 10.3 Å². The number of rotatable bonds is 5. The van der Waals surface area contributed by atoms with Gasteiger partial charge in [-0.15, -0.1) is 0 Å². The minimum absolute atomic E-state index is 0.493. The molecule has 3 aromatic heterocycles. The molecule has 6 nitrogen and oxygen atoms in total. The Kier molecular flexibility index (Phi) is 5.71. The topological polar surface area (TPSA) is 55.5 Å². The van der Waals surface area contributed by atoms with E-state index in [-0.39, 0.29) is 0 Å². The Morgan fingerprint density at radius 1 is 1.18 bits per heavy atom. The monoisotopic (exact) mass is 463 g/mol. The van der Waals surface area contributed by atoms with Gasteiger partial charge in [0, 0.05) is 18.7 Å². The average molecular weight is 464 g/mol. The van der Waals surface area contributed by atoms with E-state index in [9.17, 15) is 0 Å². The Labute approximate surface area is 178 Å². The number of hydrogen-bond donors (Lipinski definition) is 0. The smallest absolute Gasteiger partial charge is 0.187 e. The summed E-state index contributed by atoms with van der Waals surface area (Å²) in [6.07, 6.45) is 2.20. The summed E-state index contributed by atoms with van der Waals surface area (Å²) >= 11 is 5.39. The summed E-state index contributed by atoms with van der Waals surface area (Å²) in [4.78, 5) is 13.1. The lowest BCUT2D eigenvalue weighted by molar-refractivity contribution is 0.122. The molecule has 1 aliphatic rings. The van der Waals surface area contributed by atoms with Gasteiger partial charge in [-0.3, -0.25) is 0 Å². The van der Waals surface area contributed by atoms with Gasteiger partial charge in [0.25, 0.3) is 0 Å². The van der Waals surface area contributed by atoms with Crippen LogP contribution in [0.4, 0.5) is 5.13 Å². The lowest BCUT2D eigenvalue weighted by Crippen LogP contribution is -2.36. The van der Waals surface area contributed by atoms with Crippen molar-refractivity contribution in [2.45, 2.75) is 46.5 Å². The predicted molar refractivity (Wildman–Crippen MR) is 118 cm³/mol. The maximum atomic E-state index is 5.48. The van der Waals surface area contributed by atoms with Crippen LogP contribution >= 0.6 is 27.3 Å². The third kappa shape index (κ3) is 3.46. The Morgan fingerprint density at radius 3 is 2.57 bits per heavy atom. The van der Waals surface area contributed by atoms with Crippen molar-refractivity contribution < 1.29 is 4.74 Å². The third-order valence-electron chi connectivity index (χ3n) is 5.41. The number of fused-ring (bicyclic) bond motifs is 1. The second-order valence-corrected chi connectivity index (χ2v) is 8.98. The highest BCUT2D eigenvalue weighted by Crippen LogP contribution is 2.40. The van der Waals surface area contributed by atoms with Crippen molar-refractivity contribution in [2.75, 3.05) is 31.2 Å². The minimum atomic E-state index is 0.493. The van der Waals surface area contributed by atoms with Crippen LogP contribution in [0, 0.1) is 13.8 Å². The fourth-order valence-corrected chi connectivity index (χ4v) is 5.70. The van der Waals surface area contributed by atoms with E-state index in [1.165, 1.54) is 5.56 Å². The van der Waals surface area contributed by atoms with Crippen molar-refractivity contribution in [1.82, 2.24) is 19.6 Å². The van der Waals surface area contributed by atoms with E-state index in [1.807, 2.05) is 4.52 Å². The molecule has 0 amide bonds. The fraction of sp³-hybridized carbons (Fsp3) is 0.550. The fourth-order valence-electron chi connectivity index (χ4n) is 3.90. The van der Waals surface area contributed by atoms with E-state index in [0.717, 1.165) is 76.5 Å². The van der Waals surface area contributed by atoms with Gasteiger partial charge in [0.05, 0.1) is 29.5 Å². The number of aryl methyl sites for hydroxylation is 2. The van der Waals surface area contributed by atoms with E-state index >= 15 is 0 Å². The number of hydrogen-bond acceptors (Lipinski definition) is 6. The second kappa shape index (κ2) is 8.08. The first-order chi connectivity index (χ1) is 13.5. The molecule has 3 aromatic rings. The molecule has 0 N–H and O–H groups in total. The van der Waals surface area contributed by atoms with Gasteiger partial charge in [-0.25, -0.2) is 14.5 Å². The van der Waals surface area contributed by atoms with Gasteiger partial charge in [-0.1, -0.05) is 25.2 Å². The molecule has 1 saturated heterocycles. The van der Waals surface area contributed by atoms with Gasteiger partial charge in [-0.05, 0) is 54.6 Å². The van der Waals surface area contributed by atoms with E-state index in [4.69, 9.17) is 19.8 Å². The number of ether oxygens (including phenoxy) is 1. The summed E-state index contributed by atoms with van der Waals surface area (Å²) in [5.74, 6) is 0.493. The van der Waals surface area contributed by atoms with E-state index < -0.39 is 0 Å². The van der Waals surface area contributed by atoms with Crippen molar-refractivity contribution in [1.29, 1.82) is 0 Å². The Hall–Kier alpha value is -1.51. The Bertz CT molecular complexity index is 988. The molecule has 0 atom stereocenters. The van der Waals surface area contributed by atoms with Crippen LogP contribution in [0.2, 0.25) is 0 Å². The molecule has 0 spiro atoms. The molecule has 8 heteroatoms. The quantitative estimate of drug-likeness (QED) is 0.534. The van der Waals surface area contributed by atoms with Crippen molar-refractivity contribution in [2.24, 2.45) is 0 Å². The molecular weight excluding hydrogens is 438 g/mol.